The lowest BCUT2D eigenvalue weighted by Crippen LogP contribution is -2.54. The Morgan fingerprint density at radius 1 is 1.00 bits per heavy atom. The van der Waals surface area contributed by atoms with Gasteiger partial charge in [0.15, 0.2) is 0 Å². The van der Waals surface area contributed by atoms with Crippen molar-refractivity contribution in [2.75, 3.05) is 27.2 Å². The predicted octanol–water partition coefficient (Wildman–Crippen LogP) is 2.82. The van der Waals surface area contributed by atoms with Crippen molar-refractivity contribution in [1.29, 1.82) is 0 Å². The van der Waals surface area contributed by atoms with E-state index in [4.69, 9.17) is 9.84 Å². The van der Waals surface area contributed by atoms with Crippen LogP contribution < -0.4 is 10.6 Å². The average molecular weight is 466 g/mol. The van der Waals surface area contributed by atoms with Crippen LogP contribution in [0.15, 0.2) is 48.5 Å². The third-order valence-corrected chi connectivity index (χ3v) is 6.41. The molecule has 0 saturated heterocycles. The molecule has 4 rings (SSSR count). The van der Waals surface area contributed by atoms with Gasteiger partial charge in [-0.2, -0.15) is 0 Å². The van der Waals surface area contributed by atoms with Gasteiger partial charge in [0.2, 0.25) is 5.91 Å². The molecule has 180 valence electrons. The van der Waals surface area contributed by atoms with Crippen LogP contribution in [0.5, 0.6) is 0 Å². The van der Waals surface area contributed by atoms with Crippen molar-refractivity contribution >= 4 is 18.0 Å². The van der Waals surface area contributed by atoms with E-state index in [1.54, 1.807) is 19.0 Å². The molecule has 0 heterocycles. The Bertz CT molecular complexity index is 1020. The first-order chi connectivity index (χ1) is 16.3. The van der Waals surface area contributed by atoms with Gasteiger partial charge in [0.05, 0.1) is 6.42 Å². The Hall–Kier alpha value is -3.39. The van der Waals surface area contributed by atoms with E-state index in [9.17, 15) is 14.4 Å². The van der Waals surface area contributed by atoms with Crippen LogP contribution in [0.3, 0.4) is 0 Å². The lowest BCUT2D eigenvalue weighted by molar-refractivity contribution is -0.138. The van der Waals surface area contributed by atoms with E-state index in [-0.39, 0.29) is 31.4 Å². The maximum absolute atomic E-state index is 12.9. The van der Waals surface area contributed by atoms with Gasteiger partial charge < -0.3 is 25.4 Å². The molecule has 3 N–H and O–H groups in total. The number of hydrogen-bond acceptors (Lipinski definition) is 5. The van der Waals surface area contributed by atoms with E-state index in [0.29, 0.717) is 0 Å². The van der Waals surface area contributed by atoms with Crippen LogP contribution in [-0.4, -0.2) is 67.3 Å². The molecule has 2 aromatic carbocycles. The topological polar surface area (TPSA) is 108 Å². The van der Waals surface area contributed by atoms with E-state index < -0.39 is 30.1 Å². The van der Waals surface area contributed by atoms with E-state index in [0.717, 1.165) is 35.1 Å². The standard InChI is InChI=1S/C26H31N3O5/c1-29(2)14-23(25(32)27-22(13-24(30)31)16-11-12-16)28-26(33)34-15-21-19-9-5-3-7-17(19)18-8-4-6-10-20(18)21/h3-10,16,21-23H,11-15H2,1-2H3,(H,27,32)(H,28,33)(H,30,31)/t22?,23-/m0/s1. The number of nitrogens with one attached hydrogen (secondary N) is 2. The first kappa shape index (κ1) is 23.8. The maximum Gasteiger partial charge on any atom is 0.407 e. The van der Waals surface area contributed by atoms with Crippen molar-refractivity contribution in [2.24, 2.45) is 5.92 Å². The maximum atomic E-state index is 12.9. The molecule has 0 spiro atoms. The van der Waals surface area contributed by atoms with E-state index in [1.807, 2.05) is 36.4 Å². The van der Waals surface area contributed by atoms with Gasteiger partial charge >= 0.3 is 12.1 Å². The second-order valence-electron chi connectivity index (χ2n) is 9.34. The van der Waals surface area contributed by atoms with Crippen molar-refractivity contribution in [3.63, 3.8) is 0 Å². The normalized spacial score (nSPS) is 16.3. The molecular weight excluding hydrogens is 434 g/mol. The third kappa shape index (κ3) is 5.56. The quantitative estimate of drug-likeness (QED) is 0.498. The summed E-state index contributed by atoms with van der Waals surface area (Å²) in [4.78, 5) is 38.6. The zero-order chi connectivity index (χ0) is 24.2. The largest absolute Gasteiger partial charge is 0.481 e. The van der Waals surface area contributed by atoms with Crippen LogP contribution in [0.25, 0.3) is 11.1 Å². The lowest BCUT2D eigenvalue weighted by Gasteiger charge is -2.25. The van der Waals surface area contributed by atoms with Gasteiger partial charge in [0, 0.05) is 18.5 Å². The van der Waals surface area contributed by atoms with Gasteiger partial charge in [0.1, 0.15) is 12.6 Å². The predicted molar refractivity (Wildman–Crippen MR) is 127 cm³/mol. The fourth-order valence-electron chi connectivity index (χ4n) is 4.65. The second kappa shape index (κ2) is 10.3. The molecule has 8 nitrogen and oxygen atoms in total. The van der Waals surface area contributed by atoms with Crippen molar-refractivity contribution in [3.8, 4) is 11.1 Å². The number of ether oxygens (including phenoxy) is 1. The van der Waals surface area contributed by atoms with E-state index >= 15 is 0 Å². The van der Waals surface area contributed by atoms with Gasteiger partial charge in [-0.05, 0) is 55.1 Å². The number of aliphatic carboxylic acids is 1. The zero-order valence-corrected chi connectivity index (χ0v) is 19.5. The summed E-state index contributed by atoms with van der Waals surface area (Å²) in [6, 6.07) is 14.9. The summed E-state index contributed by atoms with van der Waals surface area (Å²) in [5.41, 5.74) is 4.50. The molecule has 0 aromatic heterocycles. The van der Waals surface area contributed by atoms with Crippen molar-refractivity contribution in [3.05, 3.63) is 59.7 Å². The number of amides is 2. The summed E-state index contributed by atoms with van der Waals surface area (Å²) in [5, 5.41) is 14.7. The number of hydrogen-bond donors (Lipinski definition) is 3. The molecule has 0 radical (unpaired) electrons. The number of carboxylic acids is 1. The second-order valence-corrected chi connectivity index (χ2v) is 9.34. The van der Waals surface area contributed by atoms with Crippen LogP contribution in [0.1, 0.15) is 36.3 Å². The Labute approximate surface area is 199 Å². The van der Waals surface area contributed by atoms with Gasteiger partial charge in [-0.15, -0.1) is 0 Å². The van der Waals surface area contributed by atoms with Crippen LogP contribution in [0, 0.1) is 5.92 Å². The fraction of sp³-hybridized carbons (Fsp3) is 0.423. The molecule has 0 aliphatic heterocycles. The Morgan fingerprint density at radius 3 is 2.12 bits per heavy atom. The van der Waals surface area contributed by atoms with Crippen LogP contribution in [0.4, 0.5) is 4.79 Å². The molecule has 1 saturated carbocycles. The minimum Gasteiger partial charge on any atom is -0.481 e. The van der Waals surface area contributed by atoms with Gasteiger partial charge in [0.25, 0.3) is 0 Å². The van der Waals surface area contributed by atoms with Gasteiger partial charge in [-0.3, -0.25) is 9.59 Å². The van der Waals surface area contributed by atoms with E-state index in [1.165, 1.54) is 0 Å². The molecule has 0 bridgehead atoms. The zero-order valence-electron chi connectivity index (χ0n) is 19.5. The smallest absolute Gasteiger partial charge is 0.407 e. The summed E-state index contributed by atoms with van der Waals surface area (Å²) in [7, 11) is 3.60. The first-order valence-electron chi connectivity index (χ1n) is 11.6. The number of carbonyl (C=O) groups is 3. The molecule has 1 fully saturated rings. The van der Waals surface area contributed by atoms with Crippen LogP contribution >= 0.6 is 0 Å². The number of rotatable bonds is 10. The number of carboxylic acid groups (broad SMARTS) is 1. The average Bonchev–Trinajstić information content (AvgIpc) is 3.59. The van der Waals surface area contributed by atoms with E-state index in [2.05, 4.69) is 22.8 Å². The molecular formula is C26H31N3O5. The van der Waals surface area contributed by atoms with Crippen molar-refractivity contribution in [1.82, 2.24) is 15.5 Å². The monoisotopic (exact) mass is 465 g/mol. The molecule has 34 heavy (non-hydrogen) atoms. The highest BCUT2D eigenvalue weighted by Gasteiger charge is 2.36. The van der Waals surface area contributed by atoms with Crippen molar-refractivity contribution < 1.29 is 24.2 Å². The highest BCUT2D eigenvalue weighted by molar-refractivity contribution is 5.86. The number of fused-ring (bicyclic) bond motifs is 3. The first-order valence-corrected chi connectivity index (χ1v) is 11.6. The minimum atomic E-state index is -0.953. The Balaban J connectivity index is 1.40. The Kier molecular flexibility index (Phi) is 7.17. The summed E-state index contributed by atoms with van der Waals surface area (Å²) in [6.45, 7) is 0.417. The number of nitrogens with zero attached hydrogens (tertiary/aromatic N) is 1. The SMILES string of the molecule is CN(C)C[C@H](NC(=O)OCC1c2ccccc2-c2ccccc21)C(=O)NC(CC(=O)O)C1CC1. The molecule has 2 aliphatic rings. The van der Waals surface area contributed by atoms with Crippen LogP contribution in [-0.2, 0) is 14.3 Å². The highest BCUT2D eigenvalue weighted by Crippen LogP contribution is 2.44. The molecule has 2 atom stereocenters. The summed E-state index contributed by atoms with van der Waals surface area (Å²) >= 11 is 0. The third-order valence-electron chi connectivity index (χ3n) is 6.41. The van der Waals surface area contributed by atoms with Crippen LogP contribution in [0.2, 0.25) is 0 Å². The molecule has 2 amide bonds. The van der Waals surface area contributed by atoms with Gasteiger partial charge in [-0.25, -0.2) is 4.79 Å². The number of benzene rings is 2. The number of carbonyl (C=O) groups excluding carboxylic acids is 2. The number of likely N-dealkylation sites (N-methyl/N-ethyl adjacent to an activating group) is 1. The molecule has 1 unspecified atom stereocenters. The summed E-state index contributed by atoms with van der Waals surface area (Å²) < 4.78 is 5.59. The summed E-state index contributed by atoms with van der Waals surface area (Å²) in [5.74, 6) is -1.25. The minimum absolute atomic E-state index is 0.0749. The summed E-state index contributed by atoms with van der Waals surface area (Å²) in [6.07, 6.45) is 0.994. The van der Waals surface area contributed by atoms with Crippen molar-refractivity contribution in [2.45, 2.75) is 37.3 Å². The van der Waals surface area contributed by atoms with Gasteiger partial charge in [-0.1, -0.05) is 48.5 Å². The number of alkyl carbamates (subject to hydrolysis) is 1. The fourth-order valence-corrected chi connectivity index (χ4v) is 4.65. The molecule has 2 aromatic rings. The Morgan fingerprint density at radius 2 is 1.59 bits per heavy atom. The molecule has 8 heteroatoms. The lowest BCUT2D eigenvalue weighted by atomic mass is 9.98. The highest BCUT2D eigenvalue weighted by atomic mass is 16.5. The molecule has 2 aliphatic carbocycles.